The van der Waals surface area contributed by atoms with Crippen LogP contribution in [0.25, 0.3) is 0 Å². The molecule has 0 saturated heterocycles. The average Bonchev–Trinajstić information content (AvgIpc) is 2.69. The Kier molecular flexibility index (Phi) is 2.24. The van der Waals surface area contributed by atoms with Crippen molar-refractivity contribution in [1.82, 2.24) is 15.4 Å². The molecule has 0 aliphatic heterocycles. The minimum atomic E-state index is -0.914. The van der Waals surface area contributed by atoms with Gasteiger partial charge in [0, 0.05) is 0 Å². The number of halogens is 2. The van der Waals surface area contributed by atoms with Crippen molar-refractivity contribution >= 4 is 5.78 Å². The van der Waals surface area contributed by atoms with E-state index in [1.54, 1.807) is 0 Å². The van der Waals surface area contributed by atoms with E-state index in [1.807, 2.05) is 0 Å². The van der Waals surface area contributed by atoms with Crippen molar-refractivity contribution in [2.24, 2.45) is 0 Å². The summed E-state index contributed by atoms with van der Waals surface area (Å²) in [6.07, 6.45) is 1.11. The average molecular weight is 209 g/mol. The number of carbonyl (C=O) groups excluding carboxylic acids is 1. The van der Waals surface area contributed by atoms with Crippen molar-refractivity contribution in [3.63, 3.8) is 0 Å². The molecule has 6 heteroatoms. The molecule has 0 radical (unpaired) electrons. The lowest BCUT2D eigenvalue weighted by atomic mass is 10.1. The lowest BCUT2D eigenvalue weighted by molar-refractivity contribution is 0.102. The molecule has 0 saturated carbocycles. The maximum Gasteiger partial charge on any atom is 0.220 e. The van der Waals surface area contributed by atoms with E-state index in [0.717, 1.165) is 18.3 Å². The lowest BCUT2D eigenvalue weighted by Gasteiger charge is -2.00. The molecular formula is C9H5F2N3O. The Balaban J connectivity index is 2.51. The van der Waals surface area contributed by atoms with Crippen LogP contribution in [-0.4, -0.2) is 21.2 Å². The molecule has 1 N–H and O–H groups in total. The van der Waals surface area contributed by atoms with Crippen LogP contribution in [0.1, 0.15) is 16.1 Å². The molecule has 15 heavy (non-hydrogen) atoms. The third-order valence-electron chi connectivity index (χ3n) is 1.84. The SMILES string of the molecule is O=C(c1cn[nH]n1)c1c(F)cccc1F. The van der Waals surface area contributed by atoms with Crippen LogP contribution in [-0.2, 0) is 0 Å². The molecule has 0 fully saturated rings. The molecule has 0 atom stereocenters. The van der Waals surface area contributed by atoms with E-state index in [4.69, 9.17) is 0 Å². The van der Waals surface area contributed by atoms with Crippen LogP contribution in [0.5, 0.6) is 0 Å². The van der Waals surface area contributed by atoms with Crippen LogP contribution in [0.2, 0.25) is 0 Å². The van der Waals surface area contributed by atoms with Crippen molar-refractivity contribution in [2.45, 2.75) is 0 Å². The number of ketones is 1. The standard InChI is InChI=1S/C9H5F2N3O/c10-5-2-1-3-6(11)8(5)9(15)7-4-12-14-13-7/h1-4H,(H,12,13,14). The van der Waals surface area contributed by atoms with E-state index in [2.05, 4.69) is 15.4 Å². The van der Waals surface area contributed by atoms with Gasteiger partial charge in [-0.1, -0.05) is 6.07 Å². The molecule has 2 aromatic rings. The fourth-order valence-corrected chi connectivity index (χ4v) is 1.15. The van der Waals surface area contributed by atoms with Crippen LogP contribution < -0.4 is 0 Å². The monoisotopic (exact) mass is 209 g/mol. The fraction of sp³-hybridized carbons (Fsp3) is 0. The van der Waals surface area contributed by atoms with E-state index < -0.39 is 23.0 Å². The van der Waals surface area contributed by atoms with Gasteiger partial charge in [-0.15, -0.1) is 0 Å². The van der Waals surface area contributed by atoms with Gasteiger partial charge in [-0.05, 0) is 12.1 Å². The lowest BCUT2D eigenvalue weighted by Crippen LogP contribution is -2.07. The van der Waals surface area contributed by atoms with Crippen LogP contribution in [0.3, 0.4) is 0 Å². The number of aromatic nitrogens is 3. The highest BCUT2D eigenvalue weighted by molar-refractivity contribution is 6.07. The highest BCUT2D eigenvalue weighted by Gasteiger charge is 2.20. The van der Waals surface area contributed by atoms with E-state index in [1.165, 1.54) is 6.07 Å². The zero-order chi connectivity index (χ0) is 10.8. The fourth-order valence-electron chi connectivity index (χ4n) is 1.15. The van der Waals surface area contributed by atoms with Gasteiger partial charge in [0.25, 0.3) is 0 Å². The van der Waals surface area contributed by atoms with Gasteiger partial charge in [0.05, 0.1) is 11.8 Å². The summed E-state index contributed by atoms with van der Waals surface area (Å²) in [6.45, 7) is 0. The van der Waals surface area contributed by atoms with Gasteiger partial charge in [-0.25, -0.2) is 8.78 Å². The third kappa shape index (κ3) is 1.61. The summed E-state index contributed by atoms with van der Waals surface area (Å²) in [5.41, 5.74) is -0.745. The van der Waals surface area contributed by atoms with Gasteiger partial charge in [0.1, 0.15) is 11.6 Å². The topological polar surface area (TPSA) is 58.6 Å². The van der Waals surface area contributed by atoms with E-state index in [9.17, 15) is 13.6 Å². The predicted molar refractivity (Wildman–Crippen MR) is 46.2 cm³/mol. The number of nitrogens with one attached hydrogen (secondary N) is 1. The van der Waals surface area contributed by atoms with Crippen molar-refractivity contribution in [3.8, 4) is 0 Å². The number of aromatic amines is 1. The summed E-state index contributed by atoms with van der Waals surface area (Å²) in [5, 5.41) is 9.04. The zero-order valence-electron chi connectivity index (χ0n) is 7.37. The summed E-state index contributed by atoms with van der Waals surface area (Å²) >= 11 is 0. The summed E-state index contributed by atoms with van der Waals surface area (Å²) < 4.78 is 26.3. The van der Waals surface area contributed by atoms with Crippen LogP contribution in [0, 0.1) is 11.6 Å². The molecule has 0 unspecified atom stereocenters. The minimum absolute atomic E-state index is 0.126. The Hall–Kier alpha value is -2.11. The van der Waals surface area contributed by atoms with Gasteiger partial charge in [0.2, 0.25) is 5.78 Å². The van der Waals surface area contributed by atoms with Gasteiger partial charge in [-0.2, -0.15) is 15.4 Å². The molecular weight excluding hydrogens is 204 g/mol. The summed E-state index contributed by atoms with van der Waals surface area (Å²) in [6, 6.07) is 3.21. The number of rotatable bonds is 2. The number of nitrogens with zero attached hydrogens (tertiary/aromatic N) is 2. The van der Waals surface area contributed by atoms with Gasteiger partial charge >= 0.3 is 0 Å². The Morgan fingerprint density at radius 2 is 1.93 bits per heavy atom. The molecule has 2 rings (SSSR count). The highest BCUT2D eigenvalue weighted by atomic mass is 19.1. The van der Waals surface area contributed by atoms with Crippen molar-refractivity contribution < 1.29 is 13.6 Å². The summed E-state index contributed by atoms with van der Waals surface area (Å²) in [7, 11) is 0. The molecule has 1 heterocycles. The number of hydrogen-bond acceptors (Lipinski definition) is 3. The molecule has 0 aliphatic rings. The first-order valence-electron chi connectivity index (χ1n) is 4.04. The quantitative estimate of drug-likeness (QED) is 0.758. The maximum absolute atomic E-state index is 13.2. The van der Waals surface area contributed by atoms with Gasteiger partial charge < -0.3 is 0 Å². The first-order chi connectivity index (χ1) is 7.20. The number of H-pyrrole nitrogens is 1. The van der Waals surface area contributed by atoms with Crippen LogP contribution >= 0.6 is 0 Å². The molecule has 0 aliphatic carbocycles. The number of carbonyl (C=O) groups is 1. The molecule has 1 aromatic heterocycles. The molecule has 1 aromatic carbocycles. The van der Waals surface area contributed by atoms with Crippen LogP contribution in [0.4, 0.5) is 8.78 Å². The minimum Gasteiger partial charge on any atom is -0.286 e. The van der Waals surface area contributed by atoms with E-state index in [0.29, 0.717) is 0 Å². The van der Waals surface area contributed by atoms with E-state index >= 15 is 0 Å². The zero-order valence-corrected chi connectivity index (χ0v) is 7.37. The summed E-state index contributed by atoms with van der Waals surface area (Å²) in [5.74, 6) is -2.66. The Morgan fingerprint density at radius 1 is 1.27 bits per heavy atom. The third-order valence-corrected chi connectivity index (χ3v) is 1.84. The first kappa shape index (κ1) is 9.45. The summed E-state index contributed by atoms with van der Waals surface area (Å²) in [4.78, 5) is 11.5. The maximum atomic E-state index is 13.2. The predicted octanol–water partition coefficient (Wildman–Crippen LogP) is 1.31. The van der Waals surface area contributed by atoms with Gasteiger partial charge in [-0.3, -0.25) is 4.79 Å². The molecule has 0 spiro atoms. The second kappa shape index (κ2) is 3.56. The second-order valence-electron chi connectivity index (χ2n) is 2.78. The Labute approximate surface area is 82.9 Å². The number of benzene rings is 1. The van der Waals surface area contributed by atoms with Gasteiger partial charge in [0.15, 0.2) is 5.69 Å². The van der Waals surface area contributed by atoms with E-state index in [-0.39, 0.29) is 5.69 Å². The van der Waals surface area contributed by atoms with Crippen LogP contribution in [0.15, 0.2) is 24.4 Å². The smallest absolute Gasteiger partial charge is 0.220 e. The largest absolute Gasteiger partial charge is 0.286 e. The van der Waals surface area contributed by atoms with Crippen molar-refractivity contribution in [3.05, 3.63) is 47.3 Å². The normalized spacial score (nSPS) is 10.3. The molecule has 0 bridgehead atoms. The molecule has 76 valence electrons. The Morgan fingerprint density at radius 3 is 2.47 bits per heavy atom. The first-order valence-corrected chi connectivity index (χ1v) is 4.04. The molecule has 4 nitrogen and oxygen atoms in total. The second-order valence-corrected chi connectivity index (χ2v) is 2.78. The van der Waals surface area contributed by atoms with Crippen molar-refractivity contribution in [2.75, 3.05) is 0 Å². The highest BCUT2D eigenvalue weighted by Crippen LogP contribution is 2.15. The van der Waals surface area contributed by atoms with Crippen molar-refractivity contribution in [1.29, 1.82) is 0 Å². The number of hydrogen-bond donors (Lipinski definition) is 1. The Bertz CT molecular complexity index is 476. The molecule has 0 amide bonds.